The van der Waals surface area contributed by atoms with Gasteiger partial charge in [-0.25, -0.2) is 0 Å². The maximum Gasteiger partial charge on any atom is 0.124 e. The Morgan fingerprint density at radius 3 is 1.29 bits per heavy atom. The highest BCUT2D eigenvalue weighted by atomic mass is 35.5. The predicted molar refractivity (Wildman–Crippen MR) is 62.1 cm³/mol. The molecule has 0 aliphatic carbocycles. The first-order valence-electron chi connectivity index (χ1n) is 3.53. The lowest BCUT2D eigenvalue weighted by molar-refractivity contribution is 0.773. The van der Waals surface area contributed by atoms with Crippen LogP contribution in [0.5, 0.6) is 0 Å². The molecule has 2 atom stereocenters. The van der Waals surface area contributed by atoms with Crippen molar-refractivity contribution < 1.29 is 0 Å². The second-order valence-electron chi connectivity index (χ2n) is 2.49. The fourth-order valence-corrected chi connectivity index (χ4v) is 0.324. The quantitative estimate of drug-likeness (QED) is 0.333. The number of halogens is 2. The molecule has 0 rings (SSSR count). The van der Waals surface area contributed by atoms with Gasteiger partial charge >= 0.3 is 0 Å². The van der Waals surface area contributed by atoms with Gasteiger partial charge in [-0.3, -0.25) is 10.8 Å². The summed E-state index contributed by atoms with van der Waals surface area (Å²) in [5.41, 5.74) is 10.3. The van der Waals surface area contributed by atoms with Crippen molar-refractivity contribution >= 4 is 36.5 Å². The van der Waals surface area contributed by atoms with E-state index < -0.39 is 12.1 Å². The Kier molecular flexibility index (Phi) is 11.7. The van der Waals surface area contributed by atoms with Crippen LogP contribution in [0.2, 0.25) is 0 Å². The van der Waals surface area contributed by atoms with E-state index in [1.807, 2.05) is 0 Å². The highest BCUT2D eigenvalue weighted by molar-refractivity contribution is 5.85. The molecule has 6 N–H and O–H groups in total. The molecule has 0 heterocycles. The van der Waals surface area contributed by atoms with Gasteiger partial charge in [0.2, 0.25) is 0 Å². The van der Waals surface area contributed by atoms with Gasteiger partial charge in [0.15, 0.2) is 0 Å². The van der Waals surface area contributed by atoms with Crippen LogP contribution >= 0.6 is 24.8 Å². The molecular formula is C6H16Cl2N6. The van der Waals surface area contributed by atoms with Crippen molar-refractivity contribution in [3.8, 4) is 0 Å². The minimum atomic E-state index is -0.438. The van der Waals surface area contributed by atoms with Gasteiger partial charge in [-0.2, -0.15) is 10.2 Å². The van der Waals surface area contributed by atoms with E-state index in [1.165, 1.54) is 0 Å². The van der Waals surface area contributed by atoms with Gasteiger partial charge in [0.25, 0.3) is 0 Å². The normalized spacial score (nSPS) is 13.6. The largest absolute Gasteiger partial charge is 0.386 e. The lowest BCUT2D eigenvalue weighted by atomic mass is 10.3. The van der Waals surface area contributed by atoms with Crippen LogP contribution in [0.25, 0.3) is 0 Å². The van der Waals surface area contributed by atoms with Crippen molar-refractivity contribution in [3.05, 3.63) is 0 Å². The van der Waals surface area contributed by atoms with Crippen LogP contribution in [-0.2, 0) is 0 Å². The SMILES string of the molecule is CC(N=NC(C)C(=N)N)C(=N)N.Cl.Cl. The zero-order chi connectivity index (χ0) is 9.72. The van der Waals surface area contributed by atoms with Gasteiger partial charge in [0, 0.05) is 0 Å². The molecule has 84 valence electrons. The summed E-state index contributed by atoms with van der Waals surface area (Å²) in [5, 5.41) is 21.4. The highest BCUT2D eigenvalue weighted by Crippen LogP contribution is 1.94. The minimum absolute atomic E-state index is 0. The summed E-state index contributed by atoms with van der Waals surface area (Å²) in [6, 6.07) is -0.876. The molecular weight excluding hydrogens is 227 g/mol. The van der Waals surface area contributed by atoms with Crippen molar-refractivity contribution in [1.82, 2.24) is 0 Å². The maximum absolute atomic E-state index is 6.99. The molecule has 0 amide bonds. The lowest BCUT2D eigenvalue weighted by Crippen LogP contribution is -2.25. The Labute approximate surface area is 95.4 Å². The summed E-state index contributed by atoms with van der Waals surface area (Å²) in [4.78, 5) is 0. The van der Waals surface area contributed by atoms with Crippen LogP contribution in [0.1, 0.15) is 13.8 Å². The smallest absolute Gasteiger partial charge is 0.124 e. The summed E-state index contributed by atoms with van der Waals surface area (Å²) >= 11 is 0. The fraction of sp³-hybridized carbons (Fsp3) is 0.667. The third-order valence-corrected chi connectivity index (χ3v) is 1.31. The van der Waals surface area contributed by atoms with Crippen molar-refractivity contribution in [2.24, 2.45) is 21.7 Å². The van der Waals surface area contributed by atoms with E-state index >= 15 is 0 Å². The number of rotatable bonds is 4. The van der Waals surface area contributed by atoms with E-state index in [0.29, 0.717) is 0 Å². The van der Waals surface area contributed by atoms with Gasteiger partial charge in [-0.05, 0) is 13.8 Å². The number of azo groups is 1. The van der Waals surface area contributed by atoms with E-state index in [0.717, 1.165) is 0 Å². The molecule has 0 fully saturated rings. The molecule has 6 nitrogen and oxygen atoms in total. The first-order valence-corrected chi connectivity index (χ1v) is 3.53. The molecule has 0 spiro atoms. The molecule has 0 aliphatic rings. The van der Waals surface area contributed by atoms with Crippen LogP contribution in [0.15, 0.2) is 10.2 Å². The maximum atomic E-state index is 6.99. The molecule has 0 aromatic heterocycles. The van der Waals surface area contributed by atoms with Crippen molar-refractivity contribution in [2.45, 2.75) is 25.9 Å². The Morgan fingerprint density at radius 1 is 0.929 bits per heavy atom. The zero-order valence-corrected chi connectivity index (χ0v) is 9.65. The molecule has 0 aromatic rings. The Balaban J connectivity index is -0.000000605. The average molecular weight is 243 g/mol. The van der Waals surface area contributed by atoms with E-state index in [9.17, 15) is 0 Å². The minimum Gasteiger partial charge on any atom is -0.386 e. The molecule has 8 heteroatoms. The molecule has 2 unspecified atom stereocenters. The molecule has 0 saturated heterocycles. The van der Waals surface area contributed by atoms with Gasteiger partial charge in [-0.1, -0.05) is 0 Å². The first kappa shape index (κ1) is 18.8. The van der Waals surface area contributed by atoms with Crippen LogP contribution in [0.3, 0.4) is 0 Å². The number of nitrogens with zero attached hydrogens (tertiary/aromatic N) is 2. The molecule has 0 aromatic carbocycles. The monoisotopic (exact) mass is 242 g/mol. The summed E-state index contributed by atoms with van der Waals surface area (Å²) in [5.74, 6) is -0.0935. The van der Waals surface area contributed by atoms with Gasteiger partial charge in [0.1, 0.15) is 23.8 Å². The van der Waals surface area contributed by atoms with Crippen LogP contribution in [0, 0.1) is 10.8 Å². The molecule has 0 bridgehead atoms. The number of amidine groups is 2. The summed E-state index contributed by atoms with van der Waals surface area (Å²) in [7, 11) is 0. The number of hydrogen-bond donors (Lipinski definition) is 4. The summed E-state index contributed by atoms with van der Waals surface area (Å²) < 4.78 is 0. The third-order valence-electron chi connectivity index (χ3n) is 1.31. The Morgan fingerprint density at radius 2 is 1.14 bits per heavy atom. The van der Waals surface area contributed by atoms with Gasteiger partial charge in [-0.15, -0.1) is 24.8 Å². The topological polar surface area (TPSA) is 124 Å². The average Bonchev–Trinajstić information content (AvgIpc) is 1.98. The lowest BCUT2D eigenvalue weighted by Gasteiger charge is -2.04. The number of nitrogens with one attached hydrogen (secondary N) is 2. The Hall–Kier alpha value is -0.880. The molecule has 0 saturated carbocycles. The second kappa shape index (κ2) is 8.71. The van der Waals surface area contributed by atoms with Crippen LogP contribution < -0.4 is 11.5 Å². The first-order chi connectivity index (χ1) is 5.45. The fourth-order valence-electron chi connectivity index (χ4n) is 0.324. The van der Waals surface area contributed by atoms with E-state index in [1.54, 1.807) is 13.8 Å². The number of hydrogen-bond acceptors (Lipinski definition) is 4. The molecule has 14 heavy (non-hydrogen) atoms. The van der Waals surface area contributed by atoms with Crippen LogP contribution in [0.4, 0.5) is 0 Å². The third kappa shape index (κ3) is 7.75. The van der Waals surface area contributed by atoms with E-state index in [4.69, 9.17) is 22.3 Å². The van der Waals surface area contributed by atoms with Gasteiger partial charge < -0.3 is 11.5 Å². The van der Waals surface area contributed by atoms with E-state index in [-0.39, 0.29) is 36.5 Å². The highest BCUT2D eigenvalue weighted by Gasteiger charge is 2.05. The zero-order valence-electron chi connectivity index (χ0n) is 8.02. The number of nitrogens with two attached hydrogens (primary N) is 2. The van der Waals surface area contributed by atoms with Crippen molar-refractivity contribution in [3.63, 3.8) is 0 Å². The van der Waals surface area contributed by atoms with Gasteiger partial charge in [0.05, 0.1) is 0 Å². The summed E-state index contributed by atoms with van der Waals surface area (Å²) in [6.07, 6.45) is 0. The molecule has 0 radical (unpaired) electrons. The van der Waals surface area contributed by atoms with Crippen molar-refractivity contribution in [2.75, 3.05) is 0 Å². The predicted octanol–water partition coefficient (Wildman–Crippen LogP) is 0.931. The second-order valence-corrected chi connectivity index (χ2v) is 2.49. The Bertz CT molecular complexity index is 194. The van der Waals surface area contributed by atoms with Crippen molar-refractivity contribution in [1.29, 1.82) is 10.8 Å². The standard InChI is InChI=1S/C6H14N6.2ClH/c1-3(5(7)8)11-12-4(2)6(9)10;;/h3-4H,1-2H3,(H3,7,8)(H3,9,10);2*1H. The summed E-state index contributed by atoms with van der Waals surface area (Å²) in [6.45, 7) is 3.30. The van der Waals surface area contributed by atoms with Crippen LogP contribution in [-0.4, -0.2) is 23.8 Å². The van der Waals surface area contributed by atoms with E-state index in [2.05, 4.69) is 10.2 Å². The molecule has 0 aliphatic heterocycles.